The predicted molar refractivity (Wildman–Crippen MR) is 170 cm³/mol. The lowest BCUT2D eigenvalue weighted by Gasteiger charge is -2.19. The van der Waals surface area contributed by atoms with Gasteiger partial charge in [-0.2, -0.15) is 0 Å². The fourth-order valence-corrected chi connectivity index (χ4v) is 7.44. The number of methoxy groups -OCH3 is 1. The maximum atomic E-state index is 14.0. The van der Waals surface area contributed by atoms with Crippen LogP contribution in [0.15, 0.2) is 88.9 Å². The minimum atomic E-state index is -1.26. The maximum Gasteiger partial charge on any atom is 0.321 e. The molecular formula is C35H36N4O6. The van der Waals surface area contributed by atoms with Crippen molar-refractivity contribution in [2.75, 3.05) is 7.11 Å². The number of hydrogen-bond donors (Lipinski definition) is 1. The summed E-state index contributed by atoms with van der Waals surface area (Å²) in [7, 11) is 1.24. The van der Waals surface area contributed by atoms with Crippen LogP contribution in [-0.2, 0) is 23.9 Å². The first-order valence-electron chi connectivity index (χ1n) is 15.4. The van der Waals surface area contributed by atoms with Crippen molar-refractivity contribution in [3.8, 4) is 0 Å². The van der Waals surface area contributed by atoms with Gasteiger partial charge >= 0.3 is 11.9 Å². The Bertz CT molecular complexity index is 1820. The van der Waals surface area contributed by atoms with E-state index in [1.165, 1.54) is 14.0 Å². The summed E-state index contributed by atoms with van der Waals surface area (Å²) >= 11 is 0. The van der Waals surface area contributed by atoms with E-state index in [1.807, 2.05) is 39.0 Å². The van der Waals surface area contributed by atoms with E-state index >= 15 is 0 Å². The zero-order valence-corrected chi connectivity index (χ0v) is 26.5. The largest absolute Gasteiger partial charge is 0.481 e. The Balaban J connectivity index is 1.68. The van der Waals surface area contributed by atoms with E-state index in [1.54, 1.807) is 0 Å². The molecule has 0 spiro atoms. The molecule has 1 saturated carbocycles. The number of esters is 1. The topological polar surface area (TPSA) is 147 Å². The van der Waals surface area contributed by atoms with E-state index < -0.39 is 29.6 Å². The van der Waals surface area contributed by atoms with Gasteiger partial charge in [-0.1, -0.05) is 20.8 Å². The number of nitrogens with zero attached hydrogens (tertiary/aromatic N) is 4. The summed E-state index contributed by atoms with van der Waals surface area (Å²) in [6, 6.07) is 0. The van der Waals surface area contributed by atoms with Crippen LogP contribution in [0.5, 0.6) is 0 Å². The molecule has 45 heavy (non-hydrogen) atoms. The minimum Gasteiger partial charge on any atom is -0.481 e. The number of Topliss-reactive ketones (excluding diaryl/α,β-unsaturated/α-hetero) is 2. The molecule has 8 bridgehead atoms. The Morgan fingerprint density at radius 1 is 0.911 bits per heavy atom. The molecule has 0 radical (unpaired) electrons. The lowest BCUT2D eigenvalue weighted by atomic mass is 9.83. The van der Waals surface area contributed by atoms with Crippen molar-refractivity contribution in [1.82, 2.24) is 0 Å². The Morgan fingerprint density at radius 2 is 1.60 bits per heavy atom. The van der Waals surface area contributed by atoms with Crippen molar-refractivity contribution in [2.24, 2.45) is 49.6 Å². The molecule has 0 unspecified atom stereocenters. The molecule has 1 fully saturated rings. The van der Waals surface area contributed by atoms with Gasteiger partial charge in [0.2, 0.25) is 0 Å². The third kappa shape index (κ3) is 4.69. The highest BCUT2D eigenvalue weighted by atomic mass is 16.5. The molecular weight excluding hydrogens is 572 g/mol. The molecule has 5 aliphatic heterocycles. The number of carbonyl (C=O) groups excluding carboxylic acids is 3. The van der Waals surface area contributed by atoms with Crippen LogP contribution < -0.4 is 0 Å². The van der Waals surface area contributed by atoms with E-state index in [0.29, 0.717) is 62.1 Å². The molecule has 1 aliphatic carbocycles. The molecule has 0 amide bonds. The molecule has 6 rings (SSSR count). The second-order valence-electron chi connectivity index (χ2n) is 12.5. The number of fused-ring (bicyclic) bond motifs is 4. The molecule has 10 nitrogen and oxygen atoms in total. The Hall–Kier alpha value is -4.60. The van der Waals surface area contributed by atoms with E-state index in [2.05, 4.69) is 13.8 Å². The highest BCUT2D eigenvalue weighted by Gasteiger charge is 2.51. The molecule has 0 aromatic rings. The summed E-state index contributed by atoms with van der Waals surface area (Å²) in [5, 5.41) is 9.59. The van der Waals surface area contributed by atoms with Gasteiger partial charge < -0.3 is 9.84 Å². The summed E-state index contributed by atoms with van der Waals surface area (Å²) < 4.78 is 5.11. The predicted octanol–water partition coefficient (Wildman–Crippen LogP) is 5.10. The third-order valence-electron chi connectivity index (χ3n) is 9.94. The minimum absolute atomic E-state index is 0.0571. The Morgan fingerprint density at radius 3 is 2.24 bits per heavy atom. The van der Waals surface area contributed by atoms with Gasteiger partial charge in [-0.05, 0) is 63.0 Å². The van der Waals surface area contributed by atoms with E-state index in [9.17, 15) is 24.3 Å². The Kier molecular flexibility index (Phi) is 7.49. The zero-order valence-electron chi connectivity index (χ0n) is 26.5. The fraction of sp³-hybridized carbons (Fsp3) is 0.429. The molecule has 232 valence electrons. The molecule has 0 aromatic heterocycles. The summed E-state index contributed by atoms with van der Waals surface area (Å²) in [5.74, 6) is -3.98. The van der Waals surface area contributed by atoms with E-state index in [0.717, 1.165) is 17.8 Å². The third-order valence-corrected chi connectivity index (χ3v) is 9.94. The monoisotopic (exact) mass is 608 g/mol. The molecule has 5 heterocycles. The number of rotatable bonds is 6. The lowest BCUT2D eigenvalue weighted by molar-refractivity contribution is -0.146. The fourth-order valence-electron chi connectivity index (χ4n) is 7.44. The number of carbonyl (C=O) groups is 4. The maximum absolute atomic E-state index is 14.0. The molecule has 0 aromatic carbocycles. The highest BCUT2D eigenvalue weighted by Crippen LogP contribution is 2.47. The van der Waals surface area contributed by atoms with Gasteiger partial charge in [0.25, 0.3) is 0 Å². The van der Waals surface area contributed by atoms with Crippen molar-refractivity contribution in [3.63, 3.8) is 0 Å². The number of aliphatic imine (C=N–C) groups is 4. The SMILES string of the molecule is CC[C@H]1C2=NC(=CC3=NC(=CC4=NC(=C5C6=NC(=C2)C(C)=C6C(=O)[C@@H]5C(=O)OC)[C@@H](CCC(=O)O)[C@@H]4C)C(C)=C3C(C)=O)[C@@H]1C. The first-order chi connectivity index (χ1) is 21.4. The summed E-state index contributed by atoms with van der Waals surface area (Å²) in [5.41, 5.74) is 7.44. The van der Waals surface area contributed by atoms with Crippen LogP contribution in [0.2, 0.25) is 0 Å². The van der Waals surface area contributed by atoms with Crippen LogP contribution in [0.1, 0.15) is 60.8 Å². The summed E-state index contributed by atoms with van der Waals surface area (Å²) in [6.07, 6.45) is 6.57. The van der Waals surface area contributed by atoms with E-state index in [4.69, 9.17) is 24.7 Å². The van der Waals surface area contributed by atoms with Gasteiger partial charge in [-0.15, -0.1) is 0 Å². The first kappa shape index (κ1) is 30.4. The lowest BCUT2D eigenvalue weighted by Crippen LogP contribution is -2.25. The van der Waals surface area contributed by atoms with Crippen molar-refractivity contribution in [2.45, 2.75) is 60.8 Å². The van der Waals surface area contributed by atoms with Crippen molar-refractivity contribution in [1.29, 1.82) is 0 Å². The first-order valence-corrected chi connectivity index (χ1v) is 15.4. The van der Waals surface area contributed by atoms with Crippen LogP contribution >= 0.6 is 0 Å². The van der Waals surface area contributed by atoms with Crippen LogP contribution in [0.25, 0.3) is 0 Å². The zero-order chi connectivity index (χ0) is 32.5. The van der Waals surface area contributed by atoms with Crippen LogP contribution in [-0.4, -0.2) is 58.6 Å². The molecule has 5 atom stereocenters. The van der Waals surface area contributed by atoms with Gasteiger partial charge in [-0.25, -0.2) is 9.98 Å². The smallest absolute Gasteiger partial charge is 0.321 e. The quantitative estimate of drug-likeness (QED) is 0.328. The Labute approximate surface area is 261 Å². The molecule has 6 aliphatic rings. The number of aliphatic carboxylic acids is 1. The van der Waals surface area contributed by atoms with Gasteiger partial charge in [0.1, 0.15) is 5.92 Å². The van der Waals surface area contributed by atoms with Gasteiger partial charge in [0.05, 0.1) is 35.6 Å². The molecule has 10 heteroatoms. The average Bonchev–Trinajstić information content (AvgIpc) is 3.72. The number of carboxylic acid groups (broad SMARTS) is 1. The average molecular weight is 609 g/mol. The highest BCUT2D eigenvalue weighted by molar-refractivity contribution is 6.42. The van der Waals surface area contributed by atoms with Crippen LogP contribution in [0.3, 0.4) is 0 Å². The van der Waals surface area contributed by atoms with Gasteiger partial charge in [0.15, 0.2) is 11.6 Å². The molecule has 0 saturated heterocycles. The van der Waals surface area contributed by atoms with Crippen LogP contribution in [0, 0.1) is 29.6 Å². The number of allylic oxidation sites excluding steroid dienone is 9. The van der Waals surface area contributed by atoms with Crippen LogP contribution in [0.4, 0.5) is 0 Å². The number of carboxylic acids is 1. The number of ether oxygens (including phenoxy) is 1. The normalized spacial score (nSPS) is 28.6. The number of hydrogen-bond acceptors (Lipinski definition) is 9. The summed E-state index contributed by atoms with van der Waals surface area (Å²) in [6.45, 7) is 11.4. The van der Waals surface area contributed by atoms with Crippen molar-refractivity contribution in [3.05, 3.63) is 68.9 Å². The number of ketones is 2. The van der Waals surface area contributed by atoms with Gasteiger partial charge in [-0.3, -0.25) is 29.2 Å². The second kappa shape index (κ2) is 11.1. The van der Waals surface area contributed by atoms with Gasteiger partial charge in [0, 0.05) is 63.9 Å². The summed E-state index contributed by atoms with van der Waals surface area (Å²) in [4.78, 5) is 71.7. The van der Waals surface area contributed by atoms with Crippen molar-refractivity contribution < 1.29 is 29.0 Å². The van der Waals surface area contributed by atoms with Crippen molar-refractivity contribution >= 4 is 46.4 Å². The van der Waals surface area contributed by atoms with E-state index in [-0.39, 0.29) is 36.4 Å². The second-order valence-corrected chi connectivity index (χ2v) is 12.5. The standard InChI is InChI=1S/C35H36N4O6/c1-8-19-14(2)21-13-26-28(18(6)40)16(4)23(37-26)11-22-15(3)20(9-10-27(41)42)32(38-22)30-31(35(44)45-7)34(43)29-17(5)24(39-33(29)30)12-25(19)36-21/h11-15,19-20,31H,8-10H2,1-7H3,(H,41,42)/t14-,15+,19-,20+,31-/m1/s1. The molecule has 1 N–H and O–H groups in total.